The molecule has 158 valence electrons. The number of aliphatic imine (C=N–C) groups is 1. The number of benzene rings is 1. The van der Waals surface area contributed by atoms with E-state index >= 15 is 0 Å². The van der Waals surface area contributed by atoms with Crippen molar-refractivity contribution in [2.45, 2.75) is 45.3 Å². The van der Waals surface area contributed by atoms with Gasteiger partial charge in [0.25, 0.3) is 0 Å². The van der Waals surface area contributed by atoms with Crippen molar-refractivity contribution >= 4 is 29.9 Å². The average molecular weight is 502 g/mol. The van der Waals surface area contributed by atoms with Crippen molar-refractivity contribution < 1.29 is 9.47 Å². The van der Waals surface area contributed by atoms with Gasteiger partial charge in [0.05, 0.1) is 19.3 Å². The van der Waals surface area contributed by atoms with Crippen molar-refractivity contribution in [3.8, 4) is 5.75 Å². The third-order valence-corrected chi connectivity index (χ3v) is 5.04. The fraction of sp³-hybridized carbons (Fsp3) is 0.667. The highest BCUT2D eigenvalue weighted by Gasteiger charge is 2.33. The quantitative estimate of drug-likeness (QED) is 0.271. The van der Waals surface area contributed by atoms with Crippen molar-refractivity contribution in [2.24, 2.45) is 4.99 Å². The van der Waals surface area contributed by atoms with Gasteiger partial charge >= 0.3 is 0 Å². The molecule has 1 unspecified atom stereocenters. The smallest absolute Gasteiger partial charge is 0.191 e. The van der Waals surface area contributed by atoms with E-state index in [-0.39, 0.29) is 35.6 Å². The van der Waals surface area contributed by atoms with Crippen molar-refractivity contribution in [3.63, 3.8) is 0 Å². The largest absolute Gasteiger partial charge is 0.487 e. The van der Waals surface area contributed by atoms with Gasteiger partial charge in [0.2, 0.25) is 0 Å². The molecule has 0 aliphatic carbocycles. The average Bonchev–Trinajstić information content (AvgIpc) is 2.65. The van der Waals surface area contributed by atoms with Crippen LogP contribution in [0.2, 0.25) is 0 Å². The van der Waals surface area contributed by atoms with Gasteiger partial charge in [0.15, 0.2) is 5.96 Å². The van der Waals surface area contributed by atoms with Crippen molar-refractivity contribution in [1.82, 2.24) is 15.5 Å². The lowest BCUT2D eigenvalue weighted by Gasteiger charge is -2.38. The Labute approximate surface area is 186 Å². The molecule has 0 aromatic heterocycles. The Morgan fingerprint density at radius 2 is 2.00 bits per heavy atom. The highest BCUT2D eigenvalue weighted by Crippen LogP contribution is 2.39. The third kappa shape index (κ3) is 6.77. The summed E-state index contributed by atoms with van der Waals surface area (Å²) >= 11 is 0. The number of para-hydroxylation sites is 1. The van der Waals surface area contributed by atoms with Crippen LogP contribution in [0.15, 0.2) is 29.3 Å². The van der Waals surface area contributed by atoms with Gasteiger partial charge in [0.1, 0.15) is 11.4 Å². The molecule has 1 aromatic rings. The molecule has 2 N–H and O–H groups in total. The van der Waals surface area contributed by atoms with Gasteiger partial charge in [-0.3, -0.25) is 9.89 Å². The predicted octanol–water partition coefficient (Wildman–Crippen LogP) is 3.18. The normalized spacial score (nSPS) is 21.8. The minimum atomic E-state index is -0.195. The summed E-state index contributed by atoms with van der Waals surface area (Å²) in [5, 5.41) is 7.02. The van der Waals surface area contributed by atoms with E-state index < -0.39 is 0 Å². The summed E-state index contributed by atoms with van der Waals surface area (Å²) in [6.45, 7) is 12.9. The fourth-order valence-corrected chi connectivity index (χ4v) is 3.73. The number of fused-ring (bicyclic) bond motifs is 1. The zero-order chi connectivity index (χ0) is 19.1. The molecule has 1 fully saturated rings. The maximum Gasteiger partial charge on any atom is 0.191 e. The second-order valence-electron chi connectivity index (χ2n) is 7.87. The second-order valence-corrected chi connectivity index (χ2v) is 7.87. The van der Waals surface area contributed by atoms with Crippen molar-refractivity contribution in [1.29, 1.82) is 0 Å². The number of morpholine rings is 1. The molecule has 2 aliphatic rings. The number of guanidine groups is 1. The van der Waals surface area contributed by atoms with Crippen LogP contribution in [0.25, 0.3) is 0 Å². The van der Waals surface area contributed by atoms with Gasteiger partial charge in [-0.2, -0.15) is 0 Å². The van der Waals surface area contributed by atoms with Crippen LogP contribution in [0.4, 0.5) is 0 Å². The highest BCUT2D eigenvalue weighted by atomic mass is 127. The van der Waals surface area contributed by atoms with E-state index in [1.807, 2.05) is 6.07 Å². The second kappa shape index (κ2) is 11.2. The Morgan fingerprint density at radius 1 is 1.25 bits per heavy atom. The summed E-state index contributed by atoms with van der Waals surface area (Å²) in [6, 6.07) is 8.49. The van der Waals surface area contributed by atoms with E-state index in [1.54, 1.807) is 0 Å². The zero-order valence-corrected chi connectivity index (χ0v) is 19.7. The molecule has 0 spiro atoms. The first kappa shape index (κ1) is 23.2. The Balaban J connectivity index is 0.00000280. The van der Waals surface area contributed by atoms with E-state index in [1.165, 1.54) is 5.56 Å². The van der Waals surface area contributed by atoms with Crippen LogP contribution in [0.3, 0.4) is 0 Å². The predicted molar refractivity (Wildman–Crippen MR) is 125 cm³/mol. The molecular weight excluding hydrogens is 467 g/mol. The van der Waals surface area contributed by atoms with Crippen LogP contribution < -0.4 is 15.4 Å². The molecule has 2 heterocycles. The van der Waals surface area contributed by atoms with Crippen LogP contribution in [0.5, 0.6) is 5.75 Å². The molecule has 0 amide bonds. The maximum atomic E-state index is 6.14. The summed E-state index contributed by atoms with van der Waals surface area (Å²) in [5.74, 6) is 1.85. The SMILES string of the molecule is CCNC(=NCCCN1CCOCC1)NC1CC(C)(C)Oc2ccccc21.I. The Morgan fingerprint density at radius 3 is 2.75 bits per heavy atom. The molecule has 6 nitrogen and oxygen atoms in total. The minimum Gasteiger partial charge on any atom is -0.487 e. The van der Waals surface area contributed by atoms with E-state index in [2.05, 4.69) is 54.5 Å². The molecule has 1 atom stereocenters. The molecule has 0 bridgehead atoms. The number of rotatable bonds is 6. The van der Waals surface area contributed by atoms with Crippen LogP contribution in [0.1, 0.15) is 45.2 Å². The fourth-order valence-electron chi connectivity index (χ4n) is 3.73. The molecule has 28 heavy (non-hydrogen) atoms. The van der Waals surface area contributed by atoms with Gasteiger partial charge < -0.3 is 20.1 Å². The number of halogens is 1. The number of hydrogen-bond acceptors (Lipinski definition) is 4. The summed E-state index contributed by atoms with van der Waals surface area (Å²) < 4.78 is 11.5. The molecule has 7 heteroatoms. The van der Waals surface area contributed by atoms with Crippen molar-refractivity contribution in [3.05, 3.63) is 29.8 Å². The summed E-state index contributed by atoms with van der Waals surface area (Å²) in [6.07, 6.45) is 1.97. The Hall–Kier alpha value is -1.06. The van der Waals surface area contributed by atoms with Crippen LogP contribution in [-0.2, 0) is 4.74 Å². The first-order chi connectivity index (χ1) is 13.1. The monoisotopic (exact) mass is 502 g/mol. The molecule has 1 aromatic carbocycles. The number of hydrogen-bond donors (Lipinski definition) is 2. The topological polar surface area (TPSA) is 58.1 Å². The molecule has 0 radical (unpaired) electrons. The zero-order valence-electron chi connectivity index (χ0n) is 17.4. The molecule has 1 saturated heterocycles. The lowest BCUT2D eigenvalue weighted by Crippen LogP contribution is -2.45. The summed E-state index contributed by atoms with van der Waals surface area (Å²) in [5.41, 5.74) is 1.01. The first-order valence-electron chi connectivity index (χ1n) is 10.2. The van der Waals surface area contributed by atoms with E-state index in [4.69, 9.17) is 14.5 Å². The summed E-state index contributed by atoms with van der Waals surface area (Å²) in [4.78, 5) is 7.26. The van der Waals surface area contributed by atoms with E-state index in [9.17, 15) is 0 Å². The number of ether oxygens (including phenoxy) is 2. The first-order valence-corrected chi connectivity index (χ1v) is 10.2. The Bertz CT molecular complexity index is 633. The van der Waals surface area contributed by atoms with Gasteiger partial charge in [-0.05, 0) is 33.3 Å². The molecule has 3 rings (SSSR count). The molecular formula is C21H35IN4O2. The van der Waals surface area contributed by atoms with E-state index in [0.717, 1.165) is 70.5 Å². The van der Waals surface area contributed by atoms with Crippen LogP contribution >= 0.6 is 24.0 Å². The van der Waals surface area contributed by atoms with Gasteiger partial charge in [-0.1, -0.05) is 18.2 Å². The van der Waals surface area contributed by atoms with Gasteiger partial charge in [-0.25, -0.2) is 0 Å². The molecule has 2 aliphatic heterocycles. The lowest BCUT2D eigenvalue weighted by molar-refractivity contribution is 0.0377. The summed E-state index contributed by atoms with van der Waals surface area (Å²) in [7, 11) is 0. The van der Waals surface area contributed by atoms with Gasteiger partial charge in [-0.15, -0.1) is 24.0 Å². The minimum absolute atomic E-state index is 0. The third-order valence-electron chi connectivity index (χ3n) is 5.04. The van der Waals surface area contributed by atoms with Crippen LogP contribution in [-0.4, -0.2) is 62.4 Å². The standard InChI is InChI=1S/C21H34N4O2.HI/c1-4-22-20(23-10-7-11-25-12-14-26-15-13-25)24-18-16-21(2,3)27-19-9-6-5-8-17(18)19;/h5-6,8-9,18H,4,7,10-16H2,1-3H3,(H2,22,23,24);1H. The highest BCUT2D eigenvalue weighted by molar-refractivity contribution is 14.0. The Kier molecular flexibility index (Phi) is 9.30. The van der Waals surface area contributed by atoms with E-state index in [0.29, 0.717) is 0 Å². The van der Waals surface area contributed by atoms with Gasteiger partial charge in [0, 0.05) is 44.7 Å². The van der Waals surface area contributed by atoms with Crippen molar-refractivity contribution in [2.75, 3.05) is 45.9 Å². The maximum absolute atomic E-state index is 6.14. The van der Waals surface area contributed by atoms with Crippen LogP contribution in [0, 0.1) is 0 Å². The lowest BCUT2D eigenvalue weighted by atomic mass is 9.90. The molecule has 0 saturated carbocycles. The number of nitrogens with one attached hydrogen (secondary N) is 2. The number of nitrogens with zero attached hydrogens (tertiary/aromatic N) is 2.